The summed E-state index contributed by atoms with van der Waals surface area (Å²) in [5, 5.41) is 4.74. The van der Waals surface area contributed by atoms with Crippen LogP contribution in [0.3, 0.4) is 0 Å². The van der Waals surface area contributed by atoms with Crippen LogP contribution >= 0.6 is 0 Å². The van der Waals surface area contributed by atoms with Crippen LogP contribution in [0, 0.1) is 0 Å². The quantitative estimate of drug-likeness (QED) is 0.858. The largest absolute Gasteiger partial charge is 0.379 e. The molecule has 2 heterocycles. The number of aromatic nitrogens is 1. The Balaban J connectivity index is 1.89. The van der Waals surface area contributed by atoms with Crippen LogP contribution in [0.4, 0.5) is 5.69 Å². The van der Waals surface area contributed by atoms with E-state index in [1.165, 1.54) is 11.8 Å². The fourth-order valence-corrected chi connectivity index (χ4v) is 2.30. The number of nitrogens with one attached hydrogen (secondary N) is 1. The van der Waals surface area contributed by atoms with Crippen molar-refractivity contribution in [1.29, 1.82) is 0 Å². The van der Waals surface area contributed by atoms with E-state index >= 15 is 0 Å². The first kappa shape index (κ1) is 10.5. The second-order valence-electron chi connectivity index (χ2n) is 4.43. The number of ether oxygens (including phenoxy) is 1. The van der Waals surface area contributed by atoms with E-state index in [-0.39, 0.29) is 0 Å². The van der Waals surface area contributed by atoms with E-state index in [2.05, 4.69) is 16.4 Å². The third-order valence-electron chi connectivity index (χ3n) is 3.17. The first-order valence-electron chi connectivity index (χ1n) is 6.11. The molecular weight excluding hydrogens is 212 g/mol. The Kier molecular flexibility index (Phi) is 2.92. The van der Waals surface area contributed by atoms with Gasteiger partial charge in [-0.05, 0) is 25.0 Å². The molecule has 1 saturated heterocycles. The predicted molar refractivity (Wildman–Crippen MR) is 69.2 cm³/mol. The molecule has 0 spiro atoms. The van der Waals surface area contributed by atoms with Gasteiger partial charge < -0.3 is 10.1 Å². The van der Waals surface area contributed by atoms with Crippen molar-refractivity contribution < 1.29 is 4.74 Å². The summed E-state index contributed by atoms with van der Waals surface area (Å²) in [6, 6.07) is 10.7. The summed E-state index contributed by atoms with van der Waals surface area (Å²) in [5.74, 6) is 0. The van der Waals surface area contributed by atoms with Crippen LogP contribution in [0.15, 0.2) is 36.5 Å². The summed E-state index contributed by atoms with van der Waals surface area (Å²) in [6.07, 6.45) is 4.17. The molecule has 17 heavy (non-hydrogen) atoms. The molecule has 1 fully saturated rings. The molecule has 3 heteroatoms. The van der Waals surface area contributed by atoms with E-state index in [1.807, 2.05) is 30.5 Å². The van der Waals surface area contributed by atoms with Crippen molar-refractivity contribution in [3.8, 4) is 0 Å². The van der Waals surface area contributed by atoms with E-state index in [0.717, 1.165) is 30.8 Å². The van der Waals surface area contributed by atoms with E-state index in [0.29, 0.717) is 6.04 Å². The van der Waals surface area contributed by atoms with Gasteiger partial charge in [-0.25, -0.2) is 0 Å². The van der Waals surface area contributed by atoms with Crippen LogP contribution in [0.5, 0.6) is 0 Å². The minimum Gasteiger partial charge on any atom is -0.379 e. The molecule has 1 aromatic carbocycles. The van der Waals surface area contributed by atoms with Crippen molar-refractivity contribution >= 4 is 16.6 Å². The lowest BCUT2D eigenvalue weighted by atomic mass is 10.1. The summed E-state index contributed by atoms with van der Waals surface area (Å²) in [6.45, 7) is 1.70. The van der Waals surface area contributed by atoms with Gasteiger partial charge in [-0.3, -0.25) is 4.98 Å². The SMILES string of the molecule is c1ccc2c(NC3CCCOC3)ccnc2c1. The molecule has 1 N–H and O–H groups in total. The van der Waals surface area contributed by atoms with Crippen molar-refractivity contribution in [2.45, 2.75) is 18.9 Å². The number of rotatable bonds is 2. The van der Waals surface area contributed by atoms with E-state index in [9.17, 15) is 0 Å². The lowest BCUT2D eigenvalue weighted by molar-refractivity contribution is 0.0876. The van der Waals surface area contributed by atoms with Crippen molar-refractivity contribution in [1.82, 2.24) is 4.98 Å². The number of hydrogen-bond acceptors (Lipinski definition) is 3. The maximum absolute atomic E-state index is 5.49. The van der Waals surface area contributed by atoms with Crippen LogP contribution in [-0.4, -0.2) is 24.2 Å². The predicted octanol–water partition coefficient (Wildman–Crippen LogP) is 2.83. The Morgan fingerprint density at radius 3 is 3.06 bits per heavy atom. The first-order valence-corrected chi connectivity index (χ1v) is 6.11. The fraction of sp³-hybridized carbons (Fsp3) is 0.357. The molecule has 1 aliphatic heterocycles. The third-order valence-corrected chi connectivity index (χ3v) is 3.17. The van der Waals surface area contributed by atoms with E-state index in [4.69, 9.17) is 4.74 Å². The summed E-state index contributed by atoms with van der Waals surface area (Å²) in [4.78, 5) is 4.36. The van der Waals surface area contributed by atoms with Crippen molar-refractivity contribution in [3.63, 3.8) is 0 Å². The Hall–Kier alpha value is -1.61. The van der Waals surface area contributed by atoms with Crippen LogP contribution in [-0.2, 0) is 4.74 Å². The van der Waals surface area contributed by atoms with Crippen molar-refractivity contribution in [2.24, 2.45) is 0 Å². The van der Waals surface area contributed by atoms with Gasteiger partial charge in [0.1, 0.15) is 0 Å². The highest BCUT2D eigenvalue weighted by Gasteiger charge is 2.14. The first-order chi connectivity index (χ1) is 8.43. The lowest BCUT2D eigenvalue weighted by Gasteiger charge is -2.24. The second kappa shape index (κ2) is 4.72. The van der Waals surface area contributed by atoms with E-state index in [1.54, 1.807) is 0 Å². The number of fused-ring (bicyclic) bond motifs is 1. The van der Waals surface area contributed by atoms with Gasteiger partial charge in [-0.1, -0.05) is 18.2 Å². The van der Waals surface area contributed by atoms with Gasteiger partial charge in [0, 0.05) is 29.9 Å². The van der Waals surface area contributed by atoms with Crippen LogP contribution < -0.4 is 5.32 Å². The molecule has 3 rings (SSSR count). The highest BCUT2D eigenvalue weighted by molar-refractivity contribution is 5.90. The zero-order valence-corrected chi connectivity index (χ0v) is 9.73. The zero-order valence-electron chi connectivity index (χ0n) is 9.73. The minimum atomic E-state index is 0.426. The normalized spacial score (nSPS) is 20.4. The Morgan fingerprint density at radius 2 is 2.18 bits per heavy atom. The number of nitrogens with zero attached hydrogens (tertiary/aromatic N) is 1. The second-order valence-corrected chi connectivity index (χ2v) is 4.43. The lowest BCUT2D eigenvalue weighted by Crippen LogP contribution is -2.30. The van der Waals surface area contributed by atoms with Gasteiger partial charge >= 0.3 is 0 Å². The summed E-state index contributed by atoms with van der Waals surface area (Å²) in [7, 11) is 0. The Bertz CT molecular complexity index is 501. The van der Waals surface area contributed by atoms with Gasteiger partial charge in [-0.2, -0.15) is 0 Å². The molecule has 3 nitrogen and oxygen atoms in total. The van der Waals surface area contributed by atoms with Gasteiger partial charge in [0.05, 0.1) is 12.1 Å². The van der Waals surface area contributed by atoms with Crippen LogP contribution in [0.1, 0.15) is 12.8 Å². The zero-order chi connectivity index (χ0) is 11.5. The molecule has 2 aromatic rings. The van der Waals surface area contributed by atoms with Gasteiger partial charge in [0.2, 0.25) is 0 Å². The number of hydrogen-bond donors (Lipinski definition) is 1. The minimum absolute atomic E-state index is 0.426. The molecule has 0 bridgehead atoms. The summed E-state index contributed by atoms with van der Waals surface area (Å²) < 4.78 is 5.49. The highest BCUT2D eigenvalue weighted by atomic mass is 16.5. The van der Waals surface area contributed by atoms with E-state index < -0.39 is 0 Å². The highest BCUT2D eigenvalue weighted by Crippen LogP contribution is 2.23. The monoisotopic (exact) mass is 228 g/mol. The average molecular weight is 228 g/mol. The van der Waals surface area contributed by atoms with Crippen LogP contribution in [0.2, 0.25) is 0 Å². The standard InChI is InChI=1S/C14H16N2O/c1-2-6-13-12(5-1)14(7-8-15-13)16-11-4-3-9-17-10-11/h1-2,5-8,11H,3-4,9-10H2,(H,15,16). The summed E-state index contributed by atoms with van der Waals surface area (Å²) in [5.41, 5.74) is 2.19. The van der Waals surface area contributed by atoms with Crippen molar-refractivity contribution in [2.75, 3.05) is 18.5 Å². The summed E-state index contributed by atoms with van der Waals surface area (Å²) >= 11 is 0. The van der Waals surface area contributed by atoms with Crippen LogP contribution in [0.25, 0.3) is 10.9 Å². The molecule has 1 atom stereocenters. The molecule has 1 unspecified atom stereocenters. The van der Waals surface area contributed by atoms with Gasteiger partial charge in [0.15, 0.2) is 0 Å². The fourth-order valence-electron chi connectivity index (χ4n) is 2.30. The molecular formula is C14H16N2O. The maximum atomic E-state index is 5.49. The van der Waals surface area contributed by atoms with Gasteiger partial charge in [0.25, 0.3) is 0 Å². The van der Waals surface area contributed by atoms with Crippen molar-refractivity contribution in [3.05, 3.63) is 36.5 Å². The molecule has 0 saturated carbocycles. The van der Waals surface area contributed by atoms with Gasteiger partial charge in [-0.15, -0.1) is 0 Å². The maximum Gasteiger partial charge on any atom is 0.0722 e. The third kappa shape index (κ3) is 2.24. The molecule has 0 amide bonds. The topological polar surface area (TPSA) is 34.1 Å². The molecule has 1 aliphatic rings. The number of pyridine rings is 1. The number of anilines is 1. The molecule has 1 aromatic heterocycles. The Morgan fingerprint density at radius 1 is 1.24 bits per heavy atom. The molecule has 88 valence electrons. The number of benzene rings is 1. The Labute approximate surface area is 101 Å². The smallest absolute Gasteiger partial charge is 0.0722 e. The molecule has 0 radical (unpaired) electrons. The molecule has 0 aliphatic carbocycles. The number of para-hydroxylation sites is 1. The average Bonchev–Trinajstić information content (AvgIpc) is 2.40.